The summed E-state index contributed by atoms with van der Waals surface area (Å²) in [6, 6.07) is 17.5. The van der Waals surface area contributed by atoms with E-state index in [1.807, 2.05) is 12.3 Å². The molecule has 0 radical (unpaired) electrons. The zero-order chi connectivity index (χ0) is 13.3. The van der Waals surface area contributed by atoms with Crippen LogP contribution >= 0.6 is 0 Å². The molecule has 0 amide bonds. The molecule has 1 aliphatic carbocycles. The molecule has 0 saturated heterocycles. The number of rotatable bonds is 4. The van der Waals surface area contributed by atoms with Gasteiger partial charge >= 0.3 is 0 Å². The van der Waals surface area contributed by atoms with Gasteiger partial charge in [0.05, 0.1) is 11.7 Å². The molecule has 1 aromatic carbocycles. The van der Waals surface area contributed by atoms with E-state index in [-0.39, 0.29) is 6.04 Å². The number of aromatic nitrogens is 1. The van der Waals surface area contributed by atoms with E-state index in [2.05, 4.69) is 66.6 Å². The highest BCUT2D eigenvalue weighted by molar-refractivity contribution is 5.28. The first kappa shape index (κ1) is 12.4. The van der Waals surface area contributed by atoms with Crippen molar-refractivity contribution >= 4 is 0 Å². The third-order valence-electron chi connectivity index (χ3n) is 4.00. The molecule has 19 heavy (non-hydrogen) atoms. The van der Waals surface area contributed by atoms with Crippen LogP contribution in [-0.2, 0) is 0 Å². The summed E-state index contributed by atoms with van der Waals surface area (Å²) >= 11 is 0. The quantitative estimate of drug-likeness (QED) is 0.900. The first-order valence-corrected chi connectivity index (χ1v) is 6.89. The molecular weight excluding hydrogens is 232 g/mol. The average molecular weight is 252 g/mol. The average Bonchev–Trinajstić information content (AvgIpc) is 3.05. The summed E-state index contributed by atoms with van der Waals surface area (Å²) in [5.41, 5.74) is 2.79. The van der Waals surface area contributed by atoms with E-state index in [1.54, 1.807) is 0 Å². The molecule has 0 spiro atoms. The minimum Gasteiger partial charge on any atom is -0.302 e. The molecule has 2 unspecified atom stereocenters. The standard InChI is InChI=1S/C17H20N2/c1-17(2)12-15(17)19-16(13-8-4-3-5-9-13)14-10-6-7-11-18-14/h3-11,15-16,19H,12H2,1-2H3. The topological polar surface area (TPSA) is 24.9 Å². The van der Waals surface area contributed by atoms with Crippen LogP contribution in [0.1, 0.15) is 37.6 Å². The molecule has 2 heteroatoms. The van der Waals surface area contributed by atoms with Crippen LogP contribution in [0.3, 0.4) is 0 Å². The van der Waals surface area contributed by atoms with Crippen molar-refractivity contribution < 1.29 is 0 Å². The van der Waals surface area contributed by atoms with Gasteiger partial charge < -0.3 is 5.32 Å². The highest BCUT2D eigenvalue weighted by atomic mass is 15.0. The van der Waals surface area contributed by atoms with E-state index in [9.17, 15) is 0 Å². The Labute approximate surface area is 114 Å². The van der Waals surface area contributed by atoms with Crippen molar-refractivity contribution in [2.75, 3.05) is 0 Å². The summed E-state index contributed by atoms with van der Waals surface area (Å²) in [5.74, 6) is 0. The van der Waals surface area contributed by atoms with E-state index < -0.39 is 0 Å². The van der Waals surface area contributed by atoms with Gasteiger partial charge in [-0.2, -0.15) is 0 Å². The lowest BCUT2D eigenvalue weighted by molar-refractivity contribution is 0.502. The van der Waals surface area contributed by atoms with Gasteiger partial charge in [-0.3, -0.25) is 4.98 Å². The van der Waals surface area contributed by atoms with Gasteiger partial charge in [0, 0.05) is 12.2 Å². The lowest BCUT2D eigenvalue weighted by Gasteiger charge is -2.20. The monoisotopic (exact) mass is 252 g/mol. The minimum atomic E-state index is 0.189. The van der Waals surface area contributed by atoms with E-state index in [0.29, 0.717) is 11.5 Å². The number of nitrogens with one attached hydrogen (secondary N) is 1. The summed E-state index contributed by atoms with van der Waals surface area (Å²) in [4.78, 5) is 4.52. The Morgan fingerprint density at radius 2 is 1.79 bits per heavy atom. The Balaban J connectivity index is 1.88. The molecule has 1 saturated carbocycles. The number of nitrogens with zero attached hydrogens (tertiary/aromatic N) is 1. The molecule has 2 nitrogen and oxygen atoms in total. The number of benzene rings is 1. The van der Waals surface area contributed by atoms with Gasteiger partial charge in [-0.15, -0.1) is 0 Å². The fourth-order valence-electron chi connectivity index (χ4n) is 2.50. The number of pyridine rings is 1. The predicted octanol–water partition coefficient (Wildman–Crippen LogP) is 3.56. The Bertz CT molecular complexity index is 494. The minimum absolute atomic E-state index is 0.189. The molecule has 1 aliphatic rings. The molecule has 1 N–H and O–H groups in total. The van der Waals surface area contributed by atoms with Gasteiger partial charge in [-0.05, 0) is 29.5 Å². The second-order valence-electron chi connectivity index (χ2n) is 6.01. The summed E-state index contributed by atoms with van der Waals surface area (Å²) in [5, 5.41) is 3.75. The second kappa shape index (κ2) is 4.78. The van der Waals surface area contributed by atoms with Crippen LogP contribution in [0.15, 0.2) is 54.7 Å². The van der Waals surface area contributed by atoms with Gasteiger partial charge in [0.25, 0.3) is 0 Å². The van der Waals surface area contributed by atoms with Gasteiger partial charge in [-0.25, -0.2) is 0 Å². The first-order chi connectivity index (χ1) is 9.17. The molecule has 98 valence electrons. The van der Waals surface area contributed by atoms with Crippen LogP contribution in [0, 0.1) is 5.41 Å². The highest BCUT2D eigenvalue weighted by Crippen LogP contribution is 2.46. The number of hydrogen-bond acceptors (Lipinski definition) is 2. The Morgan fingerprint density at radius 3 is 2.37 bits per heavy atom. The molecule has 1 aromatic heterocycles. The summed E-state index contributed by atoms with van der Waals surface area (Å²) in [7, 11) is 0. The summed E-state index contributed by atoms with van der Waals surface area (Å²) in [6.45, 7) is 4.62. The van der Waals surface area contributed by atoms with Gasteiger partial charge in [-0.1, -0.05) is 50.2 Å². The highest BCUT2D eigenvalue weighted by Gasteiger charge is 2.46. The van der Waals surface area contributed by atoms with E-state index in [0.717, 1.165) is 5.69 Å². The van der Waals surface area contributed by atoms with Crippen molar-refractivity contribution in [1.82, 2.24) is 10.3 Å². The van der Waals surface area contributed by atoms with Gasteiger partial charge in [0.2, 0.25) is 0 Å². The number of hydrogen-bond donors (Lipinski definition) is 1. The van der Waals surface area contributed by atoms with E-state index in [4.69, 9.17) is 0 Å². The molecule has 1 heterocycles. The third-order valence-corrected chi connectivity index (χ3v) is 4.00. The summed E-state index contributed by atoms with van der Waals surface area (Å²) < 4.78 is 0. The fraction of sp³-hybridized carbons (Fsp3) is 0.353. The van der Waals surface area contributed by atoms with E-state index in [1.165, 1.54) is 12.0 Å². The van der Waals surface area contributed by atoms with Crippen LogP contribution in [-0.4, -0.2) is 11.0 Å². The Hall–Kier alpha value is -1.67. The Morgan fingerprint density at radius 1 is 1.11 bits per heavy atom. The van der Waals surface area contributed by atoms with Crippen molar-refractivity contribution in [3.8, 4) is 0 Å². The maximum absolute atomic E-state index is 4.52. The van der Waals surface area contributed by atoms with Gasteiger partial charge in [0.1, 0.15) is 0 Å². The molecule has 0 bridgehead atoms. The zero-order valence-corrected chi connectivity index (χ0v) is 11.5. The largest absolute Gasteiger partial charge is 0.302 e. The van der Waals surface area contributed by atoms with Crippen LogP contribution in [0.2, 0.25) is 0 Å². The lowest BCUT2D eigenvalue weighted by Crippen LogP contribution is -2.27. The van der Waals surface area contributed by atoms with Crippen molar-refractivity contribution in [1.29, 1.82) is 0 Å². The molecule has 1 fully saturated rings. The Kier molecular flexibility index (Phi) is 3.11. The molecule has 0 aliphatic heterocycles. The first-order valence-electron chi connectivity index (χ1n) is 6.89. The van der Waals surface area contributed by atoms with Crippen LogP contribution in [0.25, 0.3) is 0 Å². The van der Waals surface area contributed by atoms with Crippen molar-refractivity contribution in [2.45, 2.75) is 32.4 Å². The normalized spacial score (nSPS) is 21.9. The van der Waals surface area contributed by atoms with Crippen molar-refractivity contribution in [2.24, 2.45) is 5.41 Å². The van der Waals surface area contributed by atoms with Crippen LogP contribution in [0.5, 0.6) is 0 Å². The second-order valence-corrected chi connectivity index (χ2v) is 6.01. The van der Waals surface area contributed by atoms with Gasteiger partial charge in [0.15, 0.2) is 0 Å². The van der Waals surface area contributed by atoms with Crippen LogP contribution < -0.4 is 5.32 Å². The SMILES string of the molecule is CC1(C)CC1NC(c1ccccc1)c1ccccn1. The fourth-order valence-corrected chi connectivity index (χ4v) is 2.50. The molecule has 2 aromatic rings. The lowest BCUT2D eigenvalue weighted by atomic mass is 10.0. The third kappa shape index (κ3) is 2.69. The molecular formula is C17H20N2. The summed E-state index contributed by atoms with van der Waals surface area (Å²) in [6.07, 6.45) is 3.11. The van der Waals surface area contributed by atoms with Crippen molar-refractivity contribution in [3.05, 3.63) is 66.0 Å². The zero-order valence-electron chi connectivity index (χ0n) is 11.5. The van der Waals surface area contributed by atoms with Crippen LogP contribution in [0.4, 0.5) is 0 Å². The predicted molar refractivity (Wildman–Crippen MR) is 77.8 cm³/mol. The maximum atomic E-state index is 4.52. The smallest absolute Gasteiger partial charge is 0.0753 e. The van der Waals surface area contributed by atoms with Crippen molar-refractivity contribution in [3.63, 3.8) is 0 Å². The molecule has 3 rings (SSSR count). The maximum Gasteiger partial charge on any atom is 0.0753 e. The van der Waals surface area contributed by atoms with E-state index >= 15 is 0 Å². The molecule has 2 atom stereocenters.